The van der Waals surface area contributed by atoms with Crippen LogP contribution in [0.25, 0.3) is 0 Å². The fraction of sp³-hybridized carbons (Fsp3) is 0.455. The van der Waals surface area contributed by atoms with Gasteiger partial charge in [-0.3, -0.25) is 0 Å². The number of halogens is 2. The average Bonchev–Trinajstić information content (AvgIpc) is 2.97. The van der Waals surface area contributed by atoms with Crippen molar-refractivity contribution in [1.29, 1.82) is 0 Å². The van der Waals surface area contributed by atoms with Crippen LogP contribution >= 0.6 is 34.5 Å². The molecule has 2 aromatic heterocycles. The standard InChI is InChI=1S/C11H14Cl2N4O2S2/c1-6(2)17-5-14-15-11(17)7(3)16-21(18,19)9-4-8(12)10(13)20-9/h4-7,16H,1-3H3. The summed E-state index contributed by atoms with van der Waals surface area (Å²) in [5.41, 5.74) is 0. The highest BCUT2D eigenvalue weighted by Gasteiger charge is 2.24. The molecule has 0 fully saturated rings. The van der Waals surface area contributed by atoms with E-state index >= 15 is 0 Å². The first-order valence-corrected chi connectivity index (χ1v) is 9.14. The summed E-state index contributed by atoms with van der Waals surface area (Å²) in [6.45, 7) is 5.64. The van der Waals surface area contributed by atoms with Gasteiger partial charge in [0.25, 0.3) is 10.0 Å². The van der Waals surface area contributed by atoms with Gasteiger partial charge in [0.15, 0.2) is 5.82 Å². The minimum absolute atomic E-state index is 0.0694. The smallest absolute Gasteiger partial charge is 0.250 e. The average molecular weight is 369 g/mol. The third kappa shape index (κ3) is 3.57. The molecule has 1 N–H and O–H groups in total. The van der Waals surface area contributed by atoms with Crippen LogP contribution in [0.3, 0.4) is 0 Å². The number of sulfonamides is 1. The fourth-order valence-electron chi connectivity index (χ4n) is 1.76. The molecular weight excluding hydrogens is 355 g/mol. The van der Waals surface area contributed by atoms with E-state index in [9.17, 15) is 8.42 Å². The lowest BCUT2D eigenvalue weighted by atomic mass is 10.3. The summed E-state index contributed by atoms with van der Waals surface area (Å²) in [4.78, 5) is 0. The van der Waals surface area contributed by atoms with Crippen LogP contribution in [-0.4, -0.2) is 23.2 Å². The van der Waals surface area contributed by atoms with E-state index in [0.29, 0.717) is 5.82 Å². The zero-order chi connectivity index (χ0) is 15.8. The Bertz CT molecular complexity index is 720. The van der Waals surface area contributed by atoms with Gasteiger partial charge in [-0.05, 0) is 26.8 Å². The lowest BCUT2D eigenvalue weighted by Crippen LogP contribution is -2.28. The van der Waals surface area contributed by atoms with Crippen molar-refractivity contribution in [2.24, 2.45) is 0 Å². The minimum Gasteiger partial charge on any atom is -0.314 e. The molecular formula is C11H14Cl2N4O2S2. The highest BCUT2D eigenvalue weighted by molar-refractivity contribution is 7.91. The summed E-state index contributed by atoms with van der Waals surface area (Å²) in [6, 6.07) is 0.934. The highest BCUT2D eigenvalue weighted by Crippen LogP contribution is 2.34. The molecule has 21 heavy (non-hydrogen) atoms. The van der Waals surface area contributed by atoms with Gasteiger partial charge in [0, 0.05) is 6.04 Å². The molecule has 0 aliphatic heterocycles. The topological polar surface area (TPSA) is 76.9 Å². The van der Waals surface area contributed by atoms with Gasteiger partial charge in [0.05, 0.1) is 11.1 Å². The first-order chi connectivity index (χ1) is 9.72. The summed E-state index contributed by atoms with van der Waals surface area (Å²) in [5.74, 6) is 0.544. The van der Waals surface area contributed by atoms with E-state index in [1.54, 1.807) is 13.3 Å². The first-order valence-electron chi connectivity index (χ1n) is 6.09. The molecule has 1 unspecified atom stereocenters. The Labute approximate surface area is 137 Å². The van der Waals surface area contributed by atoms with Crippen molar-refractivity contribution in [1.82, 2.24) is 19.5 Å². The maximum absolute atomic E-state index is 12.3. The molecule has 0 aliphatic rings. The van der Waals surface area contributed by atoms with Crippen molar-refractivity contribution in [3.05, 3.63) is 27.6 Å². The Morgan fingerprint density at radius 2 is 2.00 bits per heavy atom. The van der Waals surface area contributed by atoms with Crippen LogP contribution in [0.4, 0.5) is 0 Å². The summed E-state index contributed by atoms with van der Waals surface area (Å²) < 4.78 is 29.3. The van der Waals surface area contributed by atoms with Gasteiger partial charge >= 0.3 is 0 Å². The molecule has 0 aromatic carbocycles. The van der Waals surface area contributed by atoms with E-state index in [0.717, 1.165) is 11.3 Å². The summed E-state index contributed by atoms with van der Waals surface area (Å²) in [5, 5.41) is 8.02. The van der Waals surface area contributed by atoms with Crippen molar-refractivity contribution < 1.29 is 8.42 Å². The van der Waals surface area contributed by atoms with Gasteiger partial charge in [-0.15, -0.1) is 21.5 Å². The third-order valence-electron chi connectivity index (χ3n) is 2.76. The molecule has 2 aromatic rings. The zero-order valence-electron chi connectivity index (χ0n) is 11.5. The molecule has 0 saturated carbocycles. The van der Waals surface area contributed by atoms with E-state index in [1.165, 1.54) is 6.07 Å². The molecule has 0 bridgehead atoms. The molecule has 0 amide bonds. The van der Waals surface area contributed by atoms with Crippen molar-refractivity contribution >= 4 is 44.6 Å². The Balaban J connectivity index is 2.26. The van der Waals surface area contributed by atoms with Gasteiger partial charge in [0.1, 0.15) is 14.9 Å². The maximum Gasteiger partial charge on any atom is 0.250 e. The fourth-order valence-corrected chi connectivity index (χ4v) is 4.86. The van der Waals surface area contributed by atoms with Crippen molar-refractivity contribution in [3.63, 3.8) is 0 Å². The van der Waals surface area contributed by atoms with Gasteiger partial charge in [-0.1, -0.05) is 23.2 Å². The van der Waals surface area contributed by atoms with E-state index < -0.39 is 16.1 Å². The van der Waals surface area contributed by atoms with E-state index in [4.69, 9.17) is 23.2 Å². The Morgan fingerprint density at radius 1 is 1.33 bits per heavy atom. The number of hydrogen-bond acceptors (Lipinski definition) is 5. The second kappa shape index (κ2) is 6.21. The molecule has 2 rings (SSSR count). The van der Waals surface area contributed by atoms with Crippen LogP contribution in [-0.2, 0) is 10.0 Å². The van der Waals surface area contributed by atoms with Gasteiger partial charge in [-0.2, -0.15) is 4.72 Å². The van der Waals surface area contributed by atoms with Crippen LogP contribution in [0.15, 0.2) is 16.6 Å². The normalized spacial score (nSPS) is 13.8. The molecule has 0 spiro atoms. The molecule has 116 valence electrons. The van der Waals surface area contributed by atoms with Gasteiger partial charge in [0.2, 0.25) is 0 Å². The minimum atomic E-state index is -3.71. The van der Waals surface area contributed by atoms with E-state index in [1.807, 2.05) is 18.4 Å². The lowest BCUT2D eigenvalue weighted by molar-refractivity contribution is 0.515. The van der Waals surface area contributed by atoms with Crippen LogP contribution in [0.2, 0.25) is 9.36 Å². The number of thiophene rings is 1. The molecule has 0 saturated heterocycles. The largest absolute Gasteiger partial charge is 0.314 e. The monoisotopic (exact) mass is 368 g/mol. The summed E-state index contributed by atoms with van der Waals surface area (Å²) in [7, 11) is -3.71. The SMILES string of the molecule is CC(NS(=O)(=O)c1cc(Cl)c(Cl)s1)c1nncn1C(C)C. The molecule has 6 nitrogen and oxygen atoms in total. The molecule has 0 radical (unpaired) electrons. The second-order valence-electron chi connectivity index (χ2n) is 4.72. The van der Waals surface area contributed by atoms with Crippen LogP contribution in [0.1, 0.15) is 38.7 Å². The summed E-state index contributed by atoms with van der Waals surface area (Å²) in [6.07, 6.45) is 1.57. The Morgan fingerprint density at radius 3 is 2.52 bits per heavy atom. The first kappa shape index (κ1) is 16.7. The number of nitrogens with one attached hydrogen (secondary N) is 1. The van der Waals surface area contributed by atoms with Crippen LogP contribution in [0.5, 0.6) is 0 Å². The Kier molecular flexibility index (Phi) is 4.94. The molecule has 1 atom stereocenters. The molecule has 2 heterocycles. The van der Waals surface area contributed by atoms with E-state index in [-0.39, 0.29) is 19.6 Å². The summed E-state index contributed by atoms with van der Waals surface area (Å²) >= 11 is 12.5. The lowest BCUT2D eigenvalue weighted by Gasteiger charge is -2.16. The van der Waals surface area contributed by atoms with E-state index in [2.05, 4.69) is 14.9 Å². The predicted molar refractivity (Wildman–Crippen MR) is 83.5 cm³/mol. The van der Waals surface area contributed by atoms with Crippen molar-refractivity contribution in [2.45, 2.75) is 37.1 Å². The Hall–Kier alpha value is -0.670. The third-order valence-corrected chi connectivity index (χ3v) is 6.64. The quantitative estimate of drug-likeness (QED) is 0.878. The van der Waals surface area contributed by atoms with Gasteiger partial charge < -0.3 is 4.57 Å². The number of aromatic nitrogens is 3. The number of nitrogens with zero attached hydrogens (tertiary/aromatic N) is 3. The predicted octanol–water partition coefficient (Wildman–Crippen LogP) is 3.27. The molecule has 0 aliphatic carbocycles. The maximum atomic E-state index is 12.3. The molecule has 10 heteroatoms. The van der Waals surface area contributed by atoms with Crippen molar-refractivity contribution in [3.8, 4) is 0 Å². The highest BCUT2D eigenvalue weighted by atomic mass is 35.5. The van der Waals surface area contributed by atoms with Crippen LogP contribution < -0.4 is 4.72 Å². The number of rotatable bonds is 5. The second-order valence-corrected chi connectivity index (χ2v) is 8.72. The van der Waals surface area contributed by atoms with Crippen LogP contribution in [0, 0.1) is 0 Å². The van der Waals surface area contributed by atoms with Gasteiger partial charge in [-0.25, -0.2) is 8.42 Å². The zero-order valence-corrected chi connectivity index (χ0v) is 14.7. The number of hydrogen-bond donors (Lipinski definition) is 1. The van der Waals surface area contributed by atoms with Crippen molar-refractivity contribution in [2.75, 3.05) is 0 Å².